The van der Waals surface area contributed by atoms with E-state index in [9.17, 15) is 9.59 Å². The highest BCUT2D eigenvalue weighted by Gasteiger charge is 2.14. The summed E-state index contributed by atoms with van der Waals surface area (Å²) in [4.78, 5) is 24.6. The van der Waals surface area contributed by atoms with Gasteiger partial charge in [-0.15, -0.1) is 0 Å². The molecule has 0 fully saturated rings. The van der Waals surface area contributed by atoms with E-state index in [0.717, 1.165) is 6.42 Å². The minimum absolute atomic E-state index is 0.0634. The largest absolute Gasteiger partial charge is 0.383 e. The van der Waals surface area contributed by atoms with E-state index in [1.807, 2.05) is 6.92 Å². The third-order valence-electron chi connectivity index (χ3n) is 2.22. The van der Waals surface area contributed by atoms with Crippen molar-refractivity contribution in [1.29, 1.82) is 0 Å². The summed E-state index contributed by atoms with van der Waals surface area (Å²) in [6.07, 6.45) is 0.834. The van der Waals surface area contributed by atoms with Crippen LogP contribution in [0.4, 0.5) is 0 Å². The molecule has 0 aromatic carbocycles. The smallest absolute Gasteiger partial charge is 0.239 e. The molecule has 2 amide bonds. The van der Waals surface area contributed by atoms with Crippen LogP contribution in [0.3, 0.4) is 0 Å². The number of carbonyl (C=O) groups is 2. The van der Waals surface area contributed by atoms with Crippen LogP contribution in [0.15, 0.2) is 0 Å². The van der Waals surface area contributed by atoms with Crippen molar-refractivity contribution in [1.82, 2.24) is 15.5 Å². The maximum absolute atomic E-state index is 11.8. The predicted molar refractivity (Wildman–Crippen MR) is 65.7 cm³/mol. The van der Waals surface area contributed by atoms with Crippen LogP contribution in [0.2, 0.25) is 0 Å². The summed E-state index contributed by atoms with van der Waals surface area (Å²) in [7, 11) is 3.17. The number of likely N-dealkylation sites (N-methyl/N-ethyl adjacent to an activating group) is 1. The van der Waals surface area contributed by atoms with Crippen LogP contribution in [0, 0.1) is 0 Å². The number of nitrogens with zero attached hydrogens (tertiary/aromatic N) is 1. The van der Waals surface area contributed by atoms with Crippen molar-refractivity contribution in [2.24, 2.45) is 0 Å². The third-order valence-corrected chi connectivity index (χ3v) is 2.22. The summed E-state index contributed by atoms with van der Waals surface area (Å²) in [5, 5.41) is 5.48. The highest BCUT2D eigenvalue weighted by Crippen LogP contribution is 1.92. The minimum Gasteiger partial charge on any atom is -0.383 e. The number of carbonyl (C=O) groups excluding carboxylic acids is 2. The zero-order valence-corrected chi connectivity index (χ0v) is 10.9. The van der Waals surface area contributed by atoms with Crippen LogP contribution in [-0.2, 0) is 14.3 Å². The number of methoxy groups -OCH3 is 1. The van der Waals surface area contributed by atoms with Crippen molar-refractivity contribution in [2.45, 2.75) is 13.3 Å². The van der Waals surface area contributed by atoms with Gasteiger partial charge in [0.1, 0.15) is 0 Å². The first-order valence-corrected chi connectivity index (χ1v) is 5.83. The number of hydrogen-bond donors (Lipinski definition) is 2. The van der Waals surface area contributed by atoms with Crippen molar-refractivity contribution in [2.75, 3.05) is 46.9 Å². The number of amides is 2. The predicted octanol–water partition coefficient (Wildman–Crippen LogP) is -0.793. The number of nitrogens with one attached hydrogen (secondary N) is 2. The van der Waals surface area contributed by atoms with Crippen LogP contribution in [-0.4, -0.2) is 63.7 Å². The molecule has 0 rings (SSSR count). The van der Waals surface area contributed by atoms with Gasteiger partial charge in [-0.3, -0.25) is 9.59 Å². The Labute approximate surface area is 103 Å². The van der Waals surface area contributed by atoms with E-state index in [1.165, 1.54) is 0 Å². The second-order valence-electron chi connectivity index (χ2n) is 3.66. The first-order valence-electron chi connectivity index (χ1n) is 5.83. The van der Waals surface area contributed by atoms with Gasteiger partial charge in [-0.2, -0.15) is 0 Å². The van der Waals surface area contributed by atoms with E-state index in [1.54, 1.807) is 19.1 Å². The molecular formula is C11H23N3O3. The van der Waals surface area contributed by atoms with Gasteiger partial charge in [0.25, 0.3) is 0 Å². The molecule has 6 nitrogen and oxygen atoms in total. The van der Waals surface area contributed by atoms with Crippen molar-refractivity contribution in [3.05, 3.63) is 0 Å². The molecule has 0 unspecified atom stereocenters. The normalized spacial score (nSPS) is 10.1. The highest BCUT2D eigenvalue weighted by molar-refractivity contribution is 5.85. The molecule has 0 spiro atoms. The molecule has 0 atom stereocenters. The van der Waals surface area contributed by atoms with Gasteiger partial charge in [-0.1, -0.05) is 6.92 Å². The Bertz CT molecular complexity index is 234. The molecule has 6 heteroatoms. The van der Waals surface area contributed by atoms with E-state index < -0.39 is 0 Å². The average molecular weight is 245 g/mol. The van der Waals surface area contributed by atoms with Gasteiger partial charge in [0.05, 0.1) is 19.7 Å². The van der Waals surface area contributed by atoms with Crippen molar-refractivity contribution < 1.29 is 14.3 Å². The quantitative estimate of drug-likeness (QED) is 0.522. The molecule has 17 heavy (non-hydrogen) atoms. The van der Waals surface area contributed by atoms with Crippen molar-refractivity contribution in [3.63, 3.8) is 0 Å². The molecule has 0 aromatic heterocycles. The molecule has 0 heterocycles. The van der Waals surface area contributed by atoms with E-state index in [2.05, 4.69) is 10.6 Å². The Balaban J connectivity index is 4.01. The summed E-state index contributed by atoms with van der Waals surface area (Å²) < 4.78 is 4.86. The maximum Gasteiger partial charge on any atom is 0.239 e. The second kappa shape index (κ2) is 10.0. The van der Waals surface area contributed by atoms with Crippen LogP contribution in [0.1, 0.15) is 13.3 Å². The summed E-state index contributed by atoms with van der Waals surface area (Å²) in [5.41, 5.74) is 0. The van der Waals surface area contributed by atoms with Gasteiger partial charge in [-0.25, -0.2) is 0 Å². The zero-order valence-electron chi connectivity index (χ0n) is 10.9. The van der Waals surface area contributed by atoms with E-state index in [0.29, 0.717) is 19.7 Å². The van der Waals surface area contributed by atoms with Gasteiger partial charge < -0.3 is 20.3 Å². The van der Waals surface area contributed by atoms with Gasteiger partial charge in [0.15, 0.2) is 0 Å². The summed E-state index contributed by atoms with van der Waals surface area (Å²) >= 11 is 0. The Morgan fingerprint density at radius 2 is 2.06 bits per heavy atom. The van der Waals surface area contributed by atoms with Gasteiger partial charge in [-0.05, 0) is 6.42 Å². The lowest BCUT2D eigenvalue weighted by Crippen LogP contribution is -2.44. The van der Waals surface area contributed by atoms with E-state index in [4.69, 9.17) is 4.74 Å². The lowest BCUT2D eigenvalue weighted by atomic mass is 10.3. The fraction of sp³-hybridized carbons (Fsp3) is 0.818. The maximum atomic E-state index is 11.8. The number of rotatable bonds is 9. The van der Waals surface area contributed by atoms with Crippen LogP contribution >= 0.6 is 0 Å². The fourth-order valence-corrected chi connectivity index (χ4v) is 1.30. The number of ether oxygens (including phenoxy) is 1. The molecule has 0 aliphatic heterocycles. The molecule has 0 saturated heterocycles. The molecule has 0 bridgehead atoms. The Kier molecular flexibility index (Phi) is 9.37. The molecular weight excluding hydrogens is 222 g/mol. The Morgan fingerprint density at radius 1 is 1.35 bits per heavy atom. The van der Waals surface area contributed by atoms with Crippen LogP contribution in [0.5, 0.6) is 0 Å². The number of hydrogen-bond acceptors (Lipinski definition) is 4. The van der Waals surface area contributed by atoms with Gasteiger partial charge in [0, 0.05) is 27.2 Å². The minimum atomic E-state index is -0.149. The van der Waals surface area contributed by atoms with Crippen molar-refractivity contribution in [3.8, 4) is 0 Å². The van der Waals surface area contributed by atoms with Crippen LogP contribution < -0.4 is 10.6 Å². The van der Waals surface area contributed by atoms with Gasteiger partial charge >= 0.3 is 0 Å². The fourth-order valence-electron chi connectivity index (χ4n) is 1.30. The summed E-state index contributed by atoms with van der Waals surface area (Å²) in [6, 6.07) is 0. The summed E-state index contributed by atoms with van der Waals surface area (Å²) in [6.45, 7) is 4.12. The monoisotopic (exact) mass is 245 g/mol. The lowest BCUT2D eigenvalue weighted by molar-refractivity contribution is -0.135. The van der Waals surface area contributed by atoms with Crippen LogP contribution in [0.25, 0.3) is 0 Å². The molecule has 0 saturated carbocycles. The van der Waals surface area contributed by atoms with E-state index in [-0.39, 0.29) is 24.9 Å². The van der Waals surface area contributed by atoms with E-state index >= 15 is 0 Å². The Morgan fingerprint density at radius 3 is 2.59 bits per heavy atom. The first kappa shape index (κ1) is 15.9. The average Bonchev–Trinajstić information content (AvgIpc) is 2.33. The zero-order chi connectivity index (χ0) is 13.1. The molecule has 100 valence electrons. The first-order chi connectivity index (χ1) is 8.15. The summed E-state index contributed by atoms with van der Waals surface area (Å²) in [5.74, 6) is -0.213. The third kappa shape index (κ3) is 7.70. The second-order valence-corrected chi connectivity index (χ2v) is 3.66. The molecule has 2 N–H and O–H groups in total. The topological polar surface area (TPSA) is 70.7 Å². The molecule has 0 aliphatic rings. The highest BCUT2D eigenvalue weighted by atomic mass is 16.5. The van der Waals surface area contributed by atoms with Crippen molar-refractivity contribution >= 4 is 11.8 Å². The lowest BCUT2D eigenvalue weighted by Gasteiger charge is -2.21. The standard InChI is InChI=1S/C11H23N3O3/c1-4-6-14(9-10(15)12-2)11(16)8-13-5-7-17-3/h13H,4-9H2,1-3H3,(H,12,15). The SMILES string of the molecule is CCCN(CC(=O)NC)C(=O)CNCCOC. The Hall–Kier alpha value is -1.14. The van der Waals surface area contributed by atoms with Gasteiger partial charge in [0.2, 0.25) is 11.8 Å². The molecule has 0 aliphatic carbocycles. The molecule has 0 radical (unpaired) electrons. The molecule has 0 aromatic rings.